The van der Waals surface area contributed by atoms with Crippen LogP contribution in [0.25, 0.3) is 0 Å². The fraction of sp³-hybridized carbons (Fsp3) is 0.917. The molecular weight excluding hydrogens is 320 g/mol. The summed E-state index contributed by atoms with van der Waals surface area (Å²) in [6.45, 7) is -1.40. The van der Waals surface area contributed by atoms with E-state index in [9.17, 15) is 30.3 Å². The van der Waals surface area contributed by atoms with Crippen LogP contribution in [0.1, 0.15) is 0 Å². The molecule has 0 aromatic rings. The van der Waals surface area contributed by atoms with Gasteiger partial charge in [0.25, 0.3) is 0 Å². The number of aliphatic hydroxyl groups excluding tert-OH is 7. The molecular formula is C12H20O11. The Labute approximate surface area is 130 Å². The van der Waals surface area contributed by atoms with E-state index in [0.717, 1.165) is 0 Å². The minimum absolute atomic E-state index is 0.690. The summed E-state index contributed by atoms with van der Waals surface area (Å²) in [5.41, 5.74) is 0. The monoisotopic (exact) mass is 340 g/mol. The first-order valence-electron chi connectivity index (χ1n) is 6.94. The molecule has 0 amide bonds. The van der Waals surface area contributed by atoms with E-state index in [1.807, 2.05) is 0 Å². The van der Waals surface area contributed by atoms with Crippen LogP contribution in [0.4, 0.5) is 0 Å². The maximum Gasteiger partial charge on any atom is 0.223 e. The van der Waals surface area contributed by atoms with E-state index in [2.05, 4.69) is 0 Å². The zero-order chi connectivity index (χ0) is 17.3. The van der Waals surface area contributed by atoms with Crippen molar-refractivity contribution in [3.63, 3.8) is 0 Å². The molecule has 134 valence electrons. The van der Waals surface area contributed by atoms with E-state index in [1.165, 1.54) is 0 Å². The molecule has 0 aliphatic carbocycles. The molecule has 2 saturated heterocycles. The molecule has 7 N–H and O–H groups in total. The third-order valence-corrected chi connectivity index (χ3v) is 3.81. The third-order valence-electron chi connectivity index (χ3n) is 3.81. The quantitative estimate of drug-likeness (QED) is 0.259. The Bertz CT molecular complexity index is 416. The highest BCUT2D eigenvalue weighted by atomic mass is 16.8. The largest absolute Gasteiger partial charge is 0.394 e. The normalized spacial score (nSPS) is 48.5. The van der Waals surface area contributed by atoms with Crippen LogP contribution >= 0.6 is 0 Å². The summed E-state index contributed by atoms with van der Waals surface area (Å²) in [7, 11) is 0. The van der Waals surface area contributed by atoms with Crippen LogP contribution in [0.3, 0.4) is 0 Å². The molecule has 0 aromatic carbocycles. The van der Waals surface area contributed by atoms with Crippen molar-refractivity contribution in [3.05, 3.63) is 0 Å². The van der Waals surface area contributed by atoms with Gasteiger partial charge in [0.05, 0.1) is 13.2 Å². The molecule has 1 unspecified atom stereocenters. The van der Waals surface area contributed by atoms with Crippen molar-refractivity contribution in [2.24, 2.45) is 0 Å². The van der Waals surface area contributed by atoms with Gasteiger partial charge in [-0.1, -0.05) is 0 Å². The van der Waals surface area contributed by atoms with E-state index < -0.39 is 74.3 Å². The first-order chi connectivity index (χ1) is 10.8. The van der Waals surface area contributed by atoms with Gasteiger partial charge in [-0.25, -0.2) is 0 Å². The molecule has 2 aliphatic rings. The number of ether oxygens (including phenoxy) is 3. The molecule has 2 fully saturated rings. The highest BCUT2D eigenvalue weighted by molar-refractivity contribution is 5.87. The fourth-order valence-corrected chi connectivity index (χ4v) is 2.37. The lowest BCUT2D eigenvalue weighted by molar-refractivity contribution is -0.344. The predicted octanol–water partition coefficient (Wildman–Crippen LogP) is -5.19. The summed E-state index contributed by atoms with van der Waals surface area (Å²) in [5, 5.41) is 66.3. The van der Waals surface area contributed by atoms with Gasteiger partial charge in [-0.3, -0.25) is 4.79 Å². The molecule has 0 aromatic heterocycles. The zero-order valence-corrected chi connectivity index (χ0v) is 11.9. The Kier molecular flexibility index (Phi) is 6.02. The Hall–Kier alpha value is -0.730. The van der Waals surface area contributed by atoms with Crippen molar-refractivity contribution in [3.8, 4) is 0 Å². The number of Topliss-reactive ketones (excluding diaryl/α,β-unsaturated/α-hetero) is 1. The summed E-state index contributed by atoms with van der Waals surface area (Å²) in [6.07, 6.45) is -14.6. The van der Waals surface area contributed by atoms with Gasteiger partial charge in [0.2, 0.25) is 12.1 Å². The molecule has 0 bridgehead atoms. The molecule has 0 spiro atoms. The number of rotatable bonds is 4. The van der Waals surface area contributed by atoms with E-state index in [1.54, 1.807) is 0 Å². The third kappa shape index (κ3) is 3.53. The molecule has 9 atom stereocenters. The SMILES string of the molecule is O=C1C(O)[C@H](O)[C@@H](CO)O[C@@H]1O[C@H]1O[C@H](CO)[C@@H](O)[C@H](O)[C@H]1O. The van der Waals surface area contributed by atoms with Gasteiger partial charge in [0, 0.05) is 0 Å². The molecule has 0 saturated carbocycles. The van der Waals surface area contributed by atoms with Crippen LogP contribution in [0, 0.1) is 0 Å². The van der Waals surface area contributed by atoms with Gasteiger partial charge < -0.3 is 50.0 Å². The summed E-state index contributed by atoms with van der Waals surface area (Å²) in [6, 6.07) is 0. The second kappa shape index (κ2) is 7.44. The lowest BCUT2D eigenvalue weighted by Gasteiger charge is -2.42. The van der Waals surface area contributed by atoms with Crippen molar-refractivity contribution in [2.75, 3.05) is 13.2 Å². The number of carbonyl (C=O) groups is 1. The summed E-state index contributed by atoms with van der Waals surface area (Å²) < 4.78 is 15.1. The lowest BCUT2D eigenvalue weighted by atomic mass is 9.99. The number of aliphatic hydroxyl groups is 7. The van der Waals surface area contributed by atoms with Gasteiger partial charge >= 0.3 is 0 Å². The van der Waals surface area contributed by atoms with Gasteiger partial charge in [-0.2, -0.15) is 0 Å². The van der Waals surface area contributed by atoms with Gasteiger partial charge in [0.15, 0.2) is 6.29 Å². The minimum atomic E-state index is -1.88. The van der Waals surface area contributed by atoms with Crippen LogP contribution in [0.15, 0.2) is 0 Å². The predicted molar refractivity (Wildman–Crippen MR) is 67.6 cm³/mol. The summed E-state index contributed by atoms with van der Waals surface area (Å²) in [4.78, 5) is 11.8. The van der Waals surface area contributed by atoms with Gasteiger partial charge in [0.1, 0.15) is 42.7 Å². The van der Waals surface area contributed by atoms with Crippen LogP contribution in [0.2, 0.25) is 0 Å². The number of hydrogen-bond acceptors (Lipinski definition) is 11. The molecule has 0 radical (unpaired) electrons. The Balaban J connectivity index is 2.09. The second-order valence-electron chi connectivity index (χ2n) is 5.36. The average molecular weight is 340 g/mol. The molecule has 11 nitrogen and oxygen atoms in total. The zero-order valence-electron chi connectivity index (χ0n) is 11.9. The minimum Gasteiger partial charge on any atom is -0.394 e. The van der Waals surface area contributed by atoms with E-state index in [4.69, 9.17) is 24.4 Å². The lowest BCUT2D eigenvalue weighted by Crippen LogP contribution is -2.62. The van der Waals surface area contributed by atoms with Crippen molar-refractivity contribution in [1.82, 2.24) is 0 Å². The maximum absolute atomic E-state index is 11.8. The van der Waals surface area contributed by atoms with Crippen molar-refractivity contribution in [1.29, 1.82) is 0 Å². The summed E-state index contributed by atoms with van der Waals surface area (Å²) in [5.74, 6) is -1.07. The standard InChI is InChI=1S/C12H20O11/c13-1-3-5(15)7(17)9(19)11(21-3)23-12-10(20)8(18)6(16)4(2-14)22-12/h3-9,11-19H,1-2H2/t3-,4-,5-,6-,7+,8?,9-,11-,12-/m1/s1. The highest BCUT2D eigenvalue weighted by Crippen LogP contribution is 2.26. The summed E-state index contributed by atoms with van der Waals surface area (Å²) >= 11 is 0. The van der Waals surface area contributed by atoms with Gasteiger partial charge in [-0.15, -0.1) is 0 Å². The fourth-order valence-electron chi connectivity index (χ4n) is 2.37. The molecule has 11 heteroatoms. The molecule has 2 aliphatic heterocycles. The Morgan fingerprint density at radius 2 is 1.39 bits per heavy atom. The van der Waals surface area contributed by atoms with E-state index in [-0.39, 0.29) is 0 Å². The van der Waals surface area contributed by atoms with Gasteiger partial charge in [-0.05, 0) is 0 Å². The first-order valence-corrected chi connectivity index (χ1v) is 6.94. The van der Waals surface area contributed by atoms with Crippen molar-refractivity contribution < 1.29 is 54.8 Å². The van der Waals surface area contributed by atoms with Crippen LogP contribution in [-0.2, 0) is 19.0 Å². The Morgan fingerprint density at radius 3 is 1.96 bits per heavy atom. The molecule has 2 heterocycles. The maximum atomic E-state index is 11.8. The van der Waals surface area contributed by atoms with E-state index >= 15 is 0 Å². The van der Waals surface area contributed by atoms with Crippen LogP contribution < -0.4 is 0 Å². The van der Waals surface area contributed by atoms with Crippen LogP contribution in [-0.4, -0.2) is 110 Å². The number of hydrogen-bond donors (Lipinski definition) is 7. The topological polar surface area (TPSA) is 186 Å². The molecule has 23 heavy (non-hydrogen) atoms. The van der Waals surface area contributed by atoms with Crippen molar-refractivity contribution in [2.45, 2.75) is 55.3 Å². The van der Waals surface area contributed by atoms with E-state index in [0.29, 0.717) is 0 Å². The first kappa shape index (κ1) is 18.6. The smallest absolute Gasteiger partial charge is 0.223 e. The number of carbonyl (C=O) groups excluding carboxylic acids is 1. The van der Waals surface area contributed by atoms with Crippen molar-refractivity contribution >= 4 is 5.78 Å². The second-order valence-corrected chi connectivity index (χ2v) is 5.36. The van der Waals surface area contributed by atoms with Crippen LogP contribution in [0.5, 0.6) is 0 Å². The molecule has 2 rings (SSSR count). The average Bonchev–Trinajstić information content (AvgIpc) is 2.55. The Morgan fingerprint density at radius 1 is 0.826 bits per heavy atom. The highest BCUT2D eigenvalue weighted by Gasteiger charge is 2.49. The number of ketones is 1.